The van der Waals surface area contributed by atoms with Gasteiger partial charge in [-0.1, -0.05) is 56.3 Å². The first kappa shape index (κ1) is 24.0. The molecule has 0 spiro atoms. The minimum Gasteiger partial charge on any atom is -0.344 e. The molecule has 1 atom stereocenters. The molecule has 7 heteroatoms. The van der Waals surface area contributed by atoms with Gasteiger partial charge in [-0.15, -0.1) is 0 Å². The third kappa shape index (κ3) is 5.69. The Morgan fingerprint density at radius 1 is 0.794 bits per heavy atom. The van der Waals surface area contributed by atoms with Gasteiger partial charge < -0.3 is 20.0 Å². The van der Waals surface area contributed by atoms with Crippen LogP contribution in [0, 0.1) is 5.92 Å². The van der Waals surface area contributed by atoms with Crippen molar-refractivity contribution in [1.82, 2.24) is 20.0 Å². The van der Waals surface area contributed by atoms with Crippen molar-refractivity contribution in [3.8, 4) is 0 Å². The van der Waals surface area contributed by atoms with Crippen LogP contribution in [0.2, 0.25) is 0 Å². The summed E-state index contributed by atoms with van der Waals surface area (Å²) < 4.78 is 0. The monoisotopic (exact) mass is 464 g/mol. The fourth-order valence-corrected chi connectivity index (χ4v) is 4.87. The summed E-state index contributed by atoms with van der Waals surface area (Å²) in [6.07, 6.45) is 3.56. The van der Waals surface area contributed by atoms with Gasteiger partial charge in [0, 0.05) is 39.3 Å². The number of hydrogen-bond acceptors (Lipinski definition) is 3. The second-order valence-corrected chi connectivity index (χ2v) is 9.79. The number of amides is 4. The number of piperidine rings is 1. The Labute approximate surface area is 202 Å². The summed E-state index contributed by atoms with van der Waals surface area (Å²) in [6.45, 7) is 7.65. The molecule has 2 aromatic rings. The molecule has 0 aliphatic carbocycles. The van der Waals surface area contributed by atoms with Crippen molar-refractivity contribution in [3.63, 3.8) is 0 Å². The SMILES string of the molecule is CC(C)C(NC(=O)Cc1ccc2ccccc2c1)C(=O)N1CCN(C(=O)N2CCCCC2)CC1. The van der Waals surface area contributed by atoms with E-state index in [-0.39, 0.29) is 30.2 Å². The van der Waals surface area contributed by atoms with E-state index < -0.39 is 6.04 Å². The van der Waals surface area contributed by atoms with E-state index >= 15 is 0 Å². The van der Waals surface area contributed by atoms with Crippen LogP contribution in [0.25, 0.3) is 10.8 Å². The first-order valence-electron chi connectivity index (χ1n) is 12.5. The molecular formula is C27H36N4O3. The van der Waals surface area contributed by atoms with Gasteiger partial charge in [0.15, 0.2) is 0 Å². The molecule has 2 heterocycles. The van der Waals surface area contributed by atoms with Crippen LogP contribution < -0.4 is 5.32 Å². The average molecular weight is 465 g/mol. The molecule has 34 heavy (non-hydrogen) atoms. The second-order valence-electron chi connectivity index (χ2n) is 9.79. The first-order valence-corrected chi connectivity index (χ1v) is 12.5. The van der Waals surface area contributed by atoms with Gasteiger partial charge in [0.25, 0.3) is 0 Å². The Bertz CT molecular complexity index is 1020. The third-order valence-corrected chi connectivity index (χ3v) is 6.92. The maximum absolute atomic E-state index is 13.3. The minimum atomic E-state index is -0.572. The highest BCUT2D eigenvalue weighted by molar-refractivity contribution is 5.90. The number of benzene rings is 2. The fourth-order valence-electron chi connectivity index (χ4n) is 4.87. The molecule has 2 aliphatic heterocycles. The molecule has 0 saturated carbocycles. The smallest absolute Gasteiger partial charge is 0.320 e. The number of carbonyl (C=O) groups excluding carboxylic acids is 3. The number of nitrogens with one attached hydrogen (secondary N) is 1. The first-order chi connectivity index (χ1) is 16.4. The molecule has 2 aliphatic rings. The van der Waals surface area contributed by atoms with Crippen LogP contribution in [-0.4, -0.2) is 77.9 Å². The summed E-state index contributed by atoms with van der Waals surface area (Å²) in [5.74, 6) is -0.241. The molecule has 1 N–H and O–H groups in total. The Kier molecular flexibility index (Phi) is 7.70. The highest BCUT2D eigenvalue weighted by Gasteiger charge is 2.32. The van der Waals surface area contributed by atoms with E-state index in [1.165, 1.54) is 6.42 Å². The molecule has 2 aromatic carbocycles. The number of hydrogen-bond donors (Lipinski definition) is 1. The zero-order valence-corrected chi connectivity index (χ0v) is 20.3. The standard InChI is InChI=1S/C27H36N4O3/c1-20(2)25(28-24(32)19-21-10-11-22-8-4-5-9-23(22)18-21)26(33)29-14-16-31(17-15-29)27(34)30-12-6-3-7-13-30/h4-5,8-11,18,20,25H,3,6-7,12-17,19H2,1-2H3,(H,28,32). The van der Waals surface area contributed by atoms with Gasteiger partial charge in [0.05, 0.1) is 6.42 Å². The normalized spacial score (nSPS) is 17.7. The Balaban J connectivity index is 1.32. The Morgan fingerprint density at radius 3 is 2.09 bits per heavy atom. The number of nitrogens with zero attached hydrogens (tertiary/aromatic N) is 3. The molecule has 1 unspecified atom stereocenters. The van der Waals surface area contributed by atoms with Crippen LogP contribution in [0.4, 0.5) is 4.79 Å². The lowest BCUT2D eigenvalue weighted by Gasteiger charge is -2.40. The largest absolute Gasteiger partial charge is 0.344 e. The molecule has 4 amide bonds. The third-order valence-electron chi connectivity index (χ3n) is 6.92. The van der Waals surface area contributed by atoms with Crippen molar-refractivity contribution in [2.24, 2.45) is 5.92 Å². The lowest BCUT2D eigenvalue weighted by Crippen LogP contribution is -2.58. The molecule has 2 fully saturated rings. The van der Waals surface area contributed by atoms with Gasteiger partial charge in [-0.2, -0.15) is 0 Å². The van der Waals surface area contributed by atoms with E-state index in [0.717, 1.165) is 42.3 Å². The summed E-state index contributed by atoms with van der Waals surface area (Å²) in [5.41, 5.74) is 0.927. The Hall–Kier alpha value is -3.09. The van der Waals surface area contributed by atoms with Gasteiger partial charge >= 0.3 is 6.03 Å². The number of piperazine rings is 1. The van der Waals surface area contributed by atoms with Crippen molar-refractivity contribution >= 4 is 28.6 Å². The van der Waals surface area contributed by atoms with Crippen LogP contribution in [0.15, 0.2) is 42.5 Å². The van der Waals surface area contributed by atoms with E-state index in [4.69, 9.17) is 0 Å². The summed E-state index contributed by atoms with van der Waals surface area (Å²) in [7, 11) is 0. The van der Waals surface area contributed by atoms with Crippen LogP contribution in [-0.2, 0) is 16.0 Å². The van der Waals surface area contributed by atoms with Gasteiger partial charge in [0.2, 0.25) is 11.8 Å². The van der Waals surface area contributed by atoms with E-state index in [9.17, 15) is 14.4 Å². The zero-order valence-electron chi connectivity index (χ0n) is 20.3. The summed E-state index contributed by atoms with van der Waals surface area (Å²) in [4.78, 5) is 44.5. The number of urea groups is 1. The highest BCUT2D eigenvalue weighted by atomic mass is 16.2. The number of likely N-dealkylation sites (tertiary alicyclic amines) is 1. The fraction of sp³-hybridized carbons (Fsp3) is 0.519. The van der Waals surface area contributed by atoms with E-state index in [1.807, 2.05) is 66.1 Å². The maximum atomic E-state index is 13.3. The zero-order chi connectivity index (χ0) is 24.1. The molecule has 0 radical (unpaired) electrons. The minimum absolute atomic E-state index is 0.0268. The van der Waals surface area contributed by atoms with Crippen molar-refractivity contribution < 1.29 is 14.4 Å². The van der Waals surface area contributed by atoms with Crippen LogP contribution in [0.3, 0.4) is 0 Å². The predicted molar refractivity (Wildman–Crippen MR) is 133 cm³/mol. The van der Waals surface area contributed by atoms with Crippen LogP contribution in [0.5, 0.6) is 0 Å². The van der Waals surface area contributed by atoms with Crippen molar-refractivity contribution in [2.45, 2.75) is 45.6 Å². The van der Waals surface area contributed by atoms with Crippen molar-refractivity contribution in [2.75, 3.05) is 39.3 Å². The van der Waals surface area contributed by atoms with Crippen molar-refractivity contribution in [3.05, 3.63) is 48.0 Å². The van der Waals surface area contributed by atoms with Gasteiger partial charge in [-0.25, -0.2) is 4.79 Å². The summed E-state index contributed by atoms with van der Waals surface area (Å²) in [6, 6.07) is 13.6. The Morgan fingerprint density at radius 2 is 1.41 bits per heavy atom. The number of carbonyl (C=O) groups is 3. The van der Waals surface area contributed by atoms with E-state index in [0.29, 0.717) is 26.2 Å². The maximum Gasteiger partial charge on any atom is 0.320 e. The van der Waals surface area contributed by atoms with E-state index in [1.54, 1.807) is 4.90 Å². The topological polar surface area (TPSA) is 73.0 Å². The molecule has 2 saturated heterocycles. The molecular weight excluding hydrogens is 428 g/mol. The summed E-state index contributed by atoms with van der Waals surface area (Å²) >= 11 is 0. The molecule has 4 rings (SSSR count). The quantitative estimate of drug-likeness (QED) is 0.738. The molecule has 182 valence electrons. The summed E-state index contributed by atoms with van der Waals surface area (Å²) in [5, 5.41) is 5.21. The molecule has 0 aromatic heterocycles. The lowest BCUT2D eigenvalue weighted by atomic mass is 10.0. The highest BCUT2D eigenvalue weighted by Crippen LogP contribution is 2.17. The molecule has 7 nitrogen and oxygen atoms in total. The van der Waals surface area contributed by atoms with Gasteiger partial charge in [0.1, 0.15) is 6.04 Å². The average Bonchev–Trinajstić information content (AvgIpc) is 2.87. The second kappa shape index (κ2) is 10.9. The van der Waals surface area contributed by atoms with Gasteiger partial charge in [-0.05, 0) is 41.5 Å². The van der Waals surface area contributed by atoms with Crippen LogP contribution >= 0.6 is 0 Å². The predicted octanol–water partition coefficient (Wildman–Crippen LogP) is 3.27. The van der Waals surface area contributed by atoms with E-state index in [2.05, 4.69) is 5.32 Å². The number of fused-ring (bicyclic) bond motifs is 1. The van der Waals surface area contributed by atoms with Crippen molar-refractivity contribution in [1.29, 1.82) is 0 Å². The molecule has 0 bridgehead atoms. The van der Waals surface area contributed by atoms with Gasteiger partial charge in [-0.3, -0.25) is 9.59 Å². The van der Waals surface area contributed by atoms with Crippen LogP contribution in [0.1, 0.15) is 38.7 Å². The number of rotatable bonds is 5. The lowest BCUT2D eigenvalue weighted by molar-refractivity contribution is -0.138.